The molecule has 0 heterocycles. The Balaban J connectivity index is 1.61. The van der Waals surface area contributed by atoms with Gasteiger partial charge in [0.15, 0.2) is 0 Å². The molecule has 0 amide bonds. The summed E-state index contributed by atoms with van der Waals surface area (Å²) in [5.41, 5.74) is 7.29. The first-order valence-electron chi connectivity index (χ1n) is 17.3. The standard InChI is InChI=1S/4C10H15.Co/c4*1-7-8-4-5-9(6-8)10(7,2)3;/h4*8H,1,4-6H2,2-3H3;. The summed E-state index contributed by atoms with van der Waals surface area (Å²) < 4.78 is 1.46. The van der Waals surface area contributed by atoms with Gasteiger partial charge in [0.1, 0.15) is 0 Å². The van der Waals surface area contributed by atoms with Crippen LogP contribution in [-0.4, -0.2) is 0 Å². The van der Waals surface area contributed by atoms with Crippen molar-refractivity contribution in [2.75, 3.05) is 0 Å². The zero-order valence-corrected chi connectivity index (χ0v) is 29.0. The Morgan fingerprint density at radius 3 is 0.756 bits per heavy atom. The van der Waals surface area contributed by atoms with E-state index in [1.807, 2.05) is 0 Å². The van der Waals surface area contributed by atoms with Crippen LogP contribution in [0.2, 0.25) is 17.4 Å². The SMILES string of the molecule is C=C1C2CC[C]([Co]([C]34CCC(C3)C(=C)C4(C)C)([C]34CCC(C3)C(=C)C4(C)C)[C]34CCC(C3)C(=C)C4(C)C)(C2)C1(C)C. The van der Waals surface area contributed by atoms with Crippen molar-refractivity contribution in [3.63, 3.8) is 0 Å². The molecule has 0 nitrogen and oxygen atoms in total. The van der Waals surface area contributed by atoms with E-state index in [0.29, 0.717) is 17.4 Å². The van der Waals surface area contributed by atoms with E-state index in [9.17, 15) is 0 Å². The molecular formula is C40H60Co. The second kappa shape index (κ2) is 7.30. The zero-order chi connectivity index (χ0) is 29.6. The Morgan fingerprint density at radius 1 is 0.415 bits per heavy atom. The van der Waals surface area contributed by atoms with Gasteiger partial charge < -0.3 is 0 Å². The third kappa shape index (κ3) is 2.29. The first kappa shape index (κ1) is 28.0. The van der Waals surface area contributed by atoms with Gasteiger partial charge in [-0.3, -0.25) is 0 Å². The van der Waals surface area contributed by atoms with Gasteiger partial charge >= 0.3 is 256 Å². The average Bonchev–Trinajstić information content (AvgIpc) is 3.74. The number of fused-ring (bicyclic) bond motifs is 8. The first-order valence-corrected chi connectivity index (χ1v) is 19.4. The predicted molar refractivity (Wildman–Crippen MR) is 172 cm³/mol. The van der Waals surface area contributed by atoms with Crippen LogP contribution < -0.4 is 0 Å². The van der Waals surface area contributed by atoms with Gasteiger partial charge in [0.25, 0.3) is 0 Å². The van der Waals surface area contributed by atoms with Crippen molar-refractivity contribution in [2.24, 2.45) is 45.3 Å². The summed E-state index contributed by atoms with van der Waals surface area (Å²) in [6, 6.07) is 0. The van der Waals surface area contributed by atoms with Crippen molar-refractivity contribution in [2.45, 2.75) is 150 Å². The van der Waals surface area contributed by atoms with Crippen molar-refractivity contribution in [3.8, 4) is 0 Å². The molecule has 41 heavy (non-hydrogen) atoms. The van der Waals surface area contributed by atoms with Crippen LogP contribution in [0.25, 0.3) is 0 Å². The van der Waals surface area contributed by atoms with Crippen LogP contribution in [0.1, 0.15) is 132 Å². The van der Waals surface area contributed by atoms with Crippen molar-refractivity contribution < 1.29 is 12.6 Å². The topological polar surface area (TPSA) is 0 Å². The summed E-state index contributed by atoms with van der Waals surface area (Å²) in [5.74, 6) is 2.92. The fourth-order valence-electron chi connectivity index (χ4n) is 14.5. The number of hydrogen-bond acceptors (Lipinski definition) is 0. The van der Waals surface area contributed by atoms with Crippen molar-refractivity contribution in [1.82, 2.24) is 0 Å². The predicted octanol–water partition coefficient (Wildman–Crippen LogP) is 12.4. The molecule has 8 unspecified atom stereocenters. The first-order chi connectivity index (χ1) is 18.9. The Bertz CT molecular complexity index is 1130. The molecule has 0 saturated heterocycles. The van der Waals surface area contributed by atoms with Gasteiger partial charge in [0, 0.05) is 0 Å². The fraction of sp³-hybridized carbons (Fsp3) is 0.800. The molecule has 8 aliphatic rings. The quantitative estimate of drug-likeness (QED) is 0.282. The number of allylic oxidation sites excluding steroid dienone is 4. The third-order valence-corrected chi connectivity index (χ3v) is 27.7. The van der Waals surface area contributed by atoms with Gasteiger partial charge in [-0.05, 0) is 0 Å². The average molecular weight is 600 g/mol. The summed E-state index contributed by atoms with van der Waals surface area (Å²) in [5, 5.41) is 0. The molecule has 8 bridgehead atoms. The molecule has 8 saturated carbocycles. The van der Waals surface area contributed by atoms with E-state index in [4.69, 9.17) is 26.3 Å². The molecule has 0 aromatic heterocycles. The minimum absolute atomic E-state index is 0.190. The second-order valence-electron chi connectivity index (χ2n) is 18.6. The van der Waals surface area contributed by atoms with Crippen LogP contribution in [0.3, 0.4) is 0 Å². The van der Waals surface area contributed by atoms with E-state index >= 15 is 0 Å². The Kier molecular flexibility index (Phi) is 4.98. The Morgan fingerprint density at radius 2 is 0.610 bits per heavy atom. The minimum atomic E-state index is -1.89. The van der Waals surface area contributed by atoms with E-state index in [1.54, 1.807) is 22.3 Å². The molecule has 0 radical (unpaired) electrons. The normalized spacial score (nSPS) is 53.1. The molecule has 8 rings (SSSR count). The summed E-state index contributed by atoms with van der Waals surface area (Å²) in [4.78, 5) is 0. The van der Waals surface area contributed by atoms with Gasteiger partial charge in [-0.15, -0.1) is 0 Å². The van der Waals surface area contributed by atoms with E-state index < -0.39 is 12.6 Å². The molecule has 1 heteroatoms. The summed E-state index contributed by atoms with van der Waals surface area (Å²) in [7, 11) is 0. The molecular weight excluding hydrogens is 539 g/mol. The van der Waals surface area contributed by atoms with Gasteiger partial charge in [-0.2, -0.15) is 0 Å². The van der Waals surface area contributed by atoms with Crippen molar-refractivity contribution in [3.05, 3.63) is 48.6 Å². The van der Waals surface area contributed by atoms with Crippen molar-refractivity contribution in [1.29, 1.82) is 0 Å². The monoisotopic (exact) mass is 599 g/mol. The van der Waals surface area contributed by atoms with Crippen LogP contribution in [-0.2, 0) is 12.6 Å². The molecule has 8 fully saturated rings. The molecule has 0 N–H and O–H groups in total. The van der Waals surface area contributed by atoms with Crippen LogP contribution in [0.15, 0.2) is 48.6 Å². The molecule has 0 spiro atoms. The molecule has 0 aromatic rings. The van der Waals surface area contributed by atoms with E-state index in [2.05, 4.69) is 55.4 Å². The van der Waals surface area contributed by atoms with Gasteiger partial charge in [0.05, 0.1) is 0 Å². The van der Waals surface area contributed by atoms with Crippen LogP contribution in [0.4, 0.5) is 0 Å². The molecule has 8 aliphatic carbocycles. The fourth-order valence-corrected chi connectivity index (χ4v) is 29.3. The van der Waals surface area contributed by atoms with Crippen LogP contribution >= 0.6 is 0 Å². The van der Waals surface area contributed by atoms with E-state index in [1.165, 1.54) is 77.0 Å². The van der Waals surface area contributed by atoms with E-state index in [0.717, 1.165) is 23.7 Å². The zero-order valence-electron chi connectivity index (χ0n) is 28.0. The summed E-state index contributed by atoms with van der Waals surface area (Å²) in [6.07, 6.45) is 17.1. The molecule has 0 aromatic carbocycles. The molecule has 0 aliphatic heterocycles. The Hall–Kier alpha value is -0.534. The van der Waals surface area contributed by atoms with Crippen LogP contribution in [0, 0.1) is 45.3 Å². The van der Waals surface area contributed by atoms with Crippen molar-refractivity contribution >= 4 is 0 Å². The summed E-state index contributed by atoms with van der Waals surface area (Å²) in [6.45, 7) is 41.9. The summed E-state index contributed by atoms with van der Waals surface area (Å²) >= 11 is -1.89. The van der Waals surface area contributed by atoms with Gasteiger partial charge in [0.2, 0.25) is 0 Å². The number of rotatable bonds is 4. The maximum absolute atomic E-state index is 5.02. The van der Waals surface area contributed by atoms with E-state index in [-0.39, 0.29) is 21.7 Å². The van der Waals surface area contributed by atoms with Crippen LogP contribution in [0.5, 0.6) is 0 Å². The third-order valence-electron chi connectivity index (χ3n) is 17.2. The Labute approximate surface area is 255 Å². The second-order valence-corrected chi connectivity index (χ2v) is 24.1. The van der Waals surface area contributed by atoms with Gasteiger partial charge in [-0.25, -0.2) is 0 Å². The number of hydrogen-bond donors (Lipinski definition) is 0. The van der Waals surface area contributed by atoms with Gasteiger partial charge in [-0.1, -0.05) is 0 Å². The molecule has 229 valence electrons. The maximum atomic E-state index is 5.02. The molecule has 8 atom stereocenters.